The predicted molar refractivity (Wildman–Crippen MR) is 103 cm³/mol. The van der Waals surface area contributed by atoms with Crippen LogP contribution in [0.15, 0.2) is 24.3 Å². The summed E-state index contributed by atoms with van der Waals surface area (Å²) in [6, 6.07) is 7.43. The number of aryl methyl sites for hydroxylation is 1. The highest BCUT2D eigenvalue weighted by Crippen LogP contribution is 2.38. The third-order valence-electron chi connectivity index (χ3n) is 4.50. The van der Waals surface area contributed by atoms with Crippen molar-refractivity contribution in [3.8, 4) is 0 Å². The molecule has 0 saturated heterocycles. The van der Waals surface area contributed by atoms with E-state index in [-0.39, 0.29) is 11.8 Å². The number of benzene rings is 1. The van der Waals surface area contributed by atoms with Gasteiger partial charge in [-0.2, -0.15) is 0 Å². The molecule has 0 spiro atoms. The zero-order valence-electron chi connectivity index (χ0n) is 14.8. The van der Waals surface area contributed by atoms with E-state index in [1.54, 1.807) is 19.2 Å². The van der Waals surface area contributed by atoms with Gasteiger partial charge in [0.2, 0.25) is 0 Å². The highest BCUT2D eigenvalue weighted by atomic mass is 32.1. The Morgan fingerprint density at radius 1 is 1.04 bits per heavy atom. The van der Waals surface area contributed by atoms with Gasteiger partial charge in [0.25, 0.3) is 11.8 Å². The van der Waals surface area contributed by atoms with Crippen molar-refractivity contribution < 1.29 is 9.59 Å². The Kier molecular flexibility index (Phi) is 5.08. The molecule has 1 aliphatic rings. The van der Waals surface area contributed by atoms with E-state index in [1.807, 2.05) is 31.1 Å². The molecule has 1 heterocycles. The number of carbonyl (C=O) groups excluding carboxylic acids is 2. The summed E-state index contributed by atoms with van der Waals surface area (Å²) < 4.78 is 0. The first-order chi connectivity index (χ1) is 12.0. The van der Waals surface area contributed by atoms with Crippen molar-refractivity contribution >= 4 is 33.8 Å². The molecule has 0 fully saturated rings. The van der Waals surface area contributed by atoms with E-state index in [9.17, 15) is 9.59 Å². The molecule has 1 aromatic heterocycles. The maximum absolute atomic E-state index is 12.6. The highest BCUT2D eigenvalue weighted by Gasteiger charge is 2.25. The molecule has 0 unspecified atom stereocenters. The average molecular weight is 357 g/mol. The Hall–Kier alpha value is -2.34. The standard InChI is InChI=1S/C19H23N3O2S/c1-20-18(24)16-14-6-4-5-7-15(14)25-19(16)21-17(23)12-8-10-13(11-9-12)22(2)3/h8-11H,4-7H2,1-3H3,(H,20,24)(H,21,23). The smallest absolute Gasteiger partial charge is 0.256 e. The van der Waals surface area contributed by atoms with Crippen molar-refractivity contribution in [1.82, 2.24) is 5.32 Å². The Morgan fingerprint density at radius 3 is 2.36 bits per heavy atom. The molecule has 2 aromatic rings. The molecule has 0 bridgehead atoms. The number of carbonyl (C=O) groups is 2. The quantitative estimate of drug-likeness (QED) is 0.882. The van der Waals surface area contributed by atoms with Crippen LogP contribution in [0.4, 0.5) is 10.7 Å². The van der Waals surface area contributed by atoms with E-state index in [0.29, 0.717) is 16.1 Å². The van der Waals surface area contributed by atoms with Crippen molar-refractivity contribution in [2.24, 2.45) is 0 Å². The number of hydrogen-bond acceptors (Lipinski definition) is 4. The van der Waals surface area contributed by atoms with Crippen LogP contribution in [0.25, 0.3) is 0 Å². The van der Waals surface area contributed by atoms with E-state index in [1.165, 1.54) is 16.2 Å². The lowest BCUT2D eigenvalue weighted by Crippen LogP contribution is -2.22. The normalized spacial score (nSPS) is 13.1. The molecule has 25 heavy (non-hydrogen) atoms. The summed E-state index contributed by atoms with van der Waals surface area (Å²) >= 11 is 1.54. The van der Waals surface area contributed by atoms with Crippen LogP contribution in [0.3, 0.4) is 0 Å². The van der Waals surface area contributed by atoms with E-state index in [2.05, 4.69) is 10.6 Å². The SMILES string of the molecule is CNC(=O)c1c(NC(=O)c2ccc(N(C)C)cc2)sc2c1CCCC2. The second-order valence-electron chi connectivity index (χ2n) is 6.39. The largest absolute Gasteiger partial charge is 0.378 e. The number of amides is 2. The molecule has 132 valence electrons. The van der Waals surface area contributed by atoms with E-state index < -0.39 is 0 Å². The molecular formula is C19H23N3O2S. The van der Waals surface area contributed by atoms with E-state index >= 15 is 0 Å². The number of nitrogens with zero attached hydrogens (tertiary/aromatic N) is 1. The van der Waals surface area contributed by atoms with Crippen LogP contribution in [-0.2, 0) is 12.8 Å². The molecule has 0 aliphatic heterocycles. The lowest BCUT2D eigenvalue weighted by atomic mass is 9.95. The van der Waals surface area contributed by atoms with Crippen molar-refractivity contribution in [2.75, 3.05) is 31.4 Å². The summed E-state index contributed by atoms with van der Waals surface area (Å²) in [6.45, 7) is 0. The molecule has 6 heteroatoms. The maximum Gasteiger partial charge on any atom is 0.256 e. The zero-order chi connectivity index (χ0) is 18.0. The van der Waals surface area contributed by atoms with Gasteiger partial charge in [0, 0.05) is 37.3 Å². The second kappa shape index (κ2) is 7.27. The van der Waals surface area contributed by atoms with Gasteiger partial charge in [-0.15, -0.1) is 11.3 Å². The molecule has 2 amide bonds. The molecule has 5 nitrogen and oxygen atoms in total. The average Bonchev–Trinajstić information content (AvgIpc) is 2.98. The van der Waals surface area contributed by atoms with Crippen molar-refractivity contribution in [1.29, 1.82) is 0 Å². The van der Waals surface area contributed by atoms with Crippen LogP contribution in [0, 0.1) is 0 Å². The van der Waals surface area contributed by atoms with Gasteiger partial charge in [-0.1, -0.05) is 0 Å². The third-order valence-corrected chi connectivity index (χ3v) is 5.71. The number of anilines is 2. The molecule has 2 N–H and O–H groups in total. The summed E-state index contributed by atoms with van der Waals surface area (Å²) in [6.07, 6.45) is 4.12. The lowest BCUT2D eigenvalue weighted by Gasteiger charge is -2.13. The van der Waals surface area contributed by atoms with E-state index in [4.69, 9.17) is 0 Å². The fourth-order valence-electron chi connectivity index (χ4n) is 3.11. The van der Waals surface area contributed by atoms with Gasteiger partial charge in [-0.05, 0) is 55.5 Å². The number of rotatable bonds is 4. The number of nitrogens with one attached hydrogen (secondary N) is 2. The van der Waals surface area contributed by atoms with Gasteiger partial charge in [-0.25, -0.2) is 0 Å². The summed E-state index contributed by atoms with van der Waals surface area (Å²) in [4.78, 5) is 28.2. The minimum absolute atomic E-state index is 0.127. The highest BCUT2D eigenvalue weighted by molar-refractivity contribution is 7.17. The van der Waals surface area contributed by atoms with Crippen LogP contribution >= 0.6 is 11.3 Å². The molecule has 3 rings (SSSR count). The molecule has 1 aliphatic carbocycles. The summed E-state index contributed by atoms with van der Waals surface area (Å²) in [5.74, 6) is -0.313. The van der Waals surface area contributed by atoms with Crippen LogP contribution < -0.4 is 15.5 Å². The molecule has 0 saturated carbocycles. The first-order valence-electron chi connectivity index (χ1n) is 8.46. The fraction of sp³-hybridized carbons (Fsp3) is 0.368. The van der Waals surface area contributed by atoms with Crippen molar-refractivity contribution in [2.45, 2.75) is 25.7 Å². The molecule has 1 aromatic carbocycles. The Bertz CT molecular complexity index is 794. The van der Waals surface area contributed by atoms with Crippen LogP contribution in [0.2, 0.25) is 0 Å². The van der Waals surface area contributed by atoms with E-state index in [0.717, 1.165) is 36.9 Å². The minimum Gasteiger partial charge on any atom is -0.378 e. The first-order valence-corrected chi connectivity index (χ1v) is 9.28. The fourth-order valence-corrected chi connectivity index (χ4v) is 4.39. The molecular weight excluding hydrogens is 334 g/mol. The lowest BCUT2D eigenvalue weighted by molar-refractivity contribution is 0.0963. The number of thiophene rings is 1. The number of fused-ring (bicyclic) bond motifs is 1. The van der Waals surface area contributed by atoms with Crippen LogP contribution in [-0.4, -0.2) is 33.0 Å². The first kappa shape index (κ1) is 17.5. The van der Waals surface area contributed by atoms with Crippen molar-refractivity contribution in [3.63, 3.8) is 0 Å². The van der Waals surface area contributed by atoms with Gasteiger partial charge in [0.1, 0.15) is 5.00 Å². The van der Waals surface area contributed by atoms with Gasteiger partial charge in [0.15, 0.2) is 0 Å². The molecule has 0 radical (unpaired) electrons. The summed E-state index contributed by atoms with van der Waals surface area (Å²) in [5, 5.41) is 6.31. The minimum atomic E-state index is -0.186. The summed E-state index contributed by atoms with van der Waals surface area (Å²) in [7, 11) is 5.54. The third kappa shape index (κ3) is 3.54. The van der Waals surface area contributed by atoms with Gasteiger partial charge >= 0.3 is 0 Å². The van der Waals surface area contributed by atoms with Gasteiger partial charge < -0.3 is 15.5 Å². The Balaban J connectivity index is 1.88. The molecule has 0 atom stereocenters. The van der Waals surface area contributed by atoms with Crippen molar-refractivity contribution in [3.05, 3.63) is 45.8 Å². The monoisotopic (exact) mass is 357 g/mol. The second-order valence-corrected chi connectivity index (χ2v) is 7.49. The Labute approximate surface area is 152 Å². The van der Waals surface area contributed by atoms with Gasteiger partial charge in [0.05, 0.1) is 5.56 Å². The maximum atomic E-state index is 12.6. The van der Waals surface area contributed by atoms with Crippen LogP contribution in [0.1, 0.15) is 44.0 Å². The zero-order valence-corrected chi connectivity index (χ0v) is 15.6. The predicted octanol–water partition coefficient (Wildman–Crippen LogP) is 3.30. The van der Waals surface area contributed by atoms with Crippen LogP contribution in [0.5, 0.6) is 0 Å². The number of hydrogen-bond donors (Lipinski definition) is 2. The topological polar surface area (TPSA) is 61.4 Å². The summed E-state index contributed by atoms with van der Waals surface area (Å²) in [5.41, 5.74) is 3.36. The Morgan fingerprint density at radius 2 is 1.72 bits per heavy atom. The van der Waals surface area contributed by atoms with Gasteiger partial charge in [-0.3, -0.25) is 9.59 Å².